The van der Waals surface area contributed by atoms with E-state index in [0.29, 0.717) is 48.9 Å². The van der Waals surface area contributed by atoms with Crippen molar-refractivity contribution >= 4 is 23.1 Å². The van der Waals surface area contributed by atoms with E-state index in [-0.39, 0.29) is 18.3 Å². The van der Waals surface area contributed by atoms with Crippen molar-refractivity contribution < 1.29 is 23.8 Å². The molecule has 0 bridgehead atoms. The van der Waals surface area contributed by atoms with Crippen LogP contribution in [-0.2, 0) is 4.74 Å². The van der Waals surface area contributed by atoms with Gasteiger partial charge in [-0.25, -0.2) is 14.4 Å². The number of fused-ring (bicyclic) bond motifs is 1. The summed E-state index contributed by atoms with van der Waals surface area (Å²) >= 11 is 0. The molecule has 0 saturated carbocycles. The molecule has 11 heteroatoms. The number of nitrogens with one attached hydrogen (secondary N) is 1. The predicted molar refractivity (Wildman–Crippen MR) is 150 cm³/mol. The maximum Gasteiger partial charge on any atom is 0.254 e. The summed E-state index contributed by atoms with van der Waals surface area (Å²) in [5.41, 5.74) is 4.28. The Morgan fingerprint density at radius 2 is 1.93 bits per heavy atom. The fourth-order valence-electron chi connectivity index (χ4n) is 4.87. The number of imidazole rings is 1. The Hall–Kier alpha value is -4.06. The van der Waals surface area contributed by atoms with Crippen LogP contribution in [0.3, 0.4) is 0 Å². The van der Waals surface area contributed by atoms with E-state index in [1.165, 1.54) is 13.2 Å². The minimum atomic E-state index is -0.446. The smallest absolute Gasteiger partial charge is 0.254 e. The van der Waals surface area contributed by atoms with Crippen molar-refractivity contribution in [2.24, 2.45) is 0 Å². The number of hydrogen-bond acceptors (Lipinski definition) is 8. The SMILES string of the molecule is COc1ccc(-c2cnc3c(Nc4ccc(C(=O)N5CCN(CCOCCO)CC5)c(C)c4)nccn23)cc1F. The number of anilines is 2. The summed E-state index contributed by atoms with van der Waals surface area (Å²) in [6.45, 7) is 6.56. The number of rotatable bonds is 10. The molecule has 5 rings (SSSR count). The van der Waals surface area contributed by atoms with Crippen molar-refractivity contribution in [1.82, 2.24) is 24.2 Å². The van der Waals surface area contributed by atoms with Gasteiger partial charge in [0.1, 0.15) is 0 Å². The largest absolute Gasteiger partial charge is 0.494 e. The number of benzene rings is 2. The van der Waals surface area contributed by atoms with E-state index in [4.69, 9.17) is 14.6 Å². The lowest BCUT2D eigenvalue weighted by Crippen LogP contribution is -2.49. The topological polar surface area (TPSA) is 104 Å². The van der Waals surface area contributed by atoms with Crippen LogP contribution in [0.5, 0.6) is 5.75 Å². The van der Waals surface area contributed by atoms with E-state index in [0.717, 1.165) is 36.6 Å². The number of piperazine rings is 1. The normalized spacial score (nSPS) is 14.1. The molecule has 4 aromatic rings. The van der Waals surface area contributed by atoms with Crippen LogP contribution in [-0.4, -0.2) is 94.8 Å². The van der Waals surface area contributed by atoms with E-state index in [9.17, 15) is 9.18 Å². The van der Waals surface area contributed by atoms with Crippen LogP contribution in [0, 0.1) is 12.7 Å². The van der Waals surface area contributed by atoms with Crippen molar-refractivity contribution in [1.29, 1.82) is 0 Å². The number of hydrogen-bond donors (Lipinski definition) is 2. The Morgan fingerprint density at radius 1 is 1.10 bits per heavy atom. The third-order valence-electron chi connectivity index (χ3n) is 7.04. The molecule has 1 fully saturated rings. The minimum Gasteiger partial charge on any atom is -0.494 e. The van der Waals surface area contributed by atoms with Gasteiger partial charge in [-0.15, -0.1) is 0 Å². The van der Waals surface area contributed by atoms with Gasteiger partial charge in [-0.1, -0.05) is 0 Å². The molecule has 10 nitrogen and oxygen atoms in total. The van der Waals surface area contributed by atoms with Gasteiger partial charge in [-0.05, 0) is 48.9 Å². The maximum absolute atomic E-state index is 14.3. The zero-order valence-corrected chi connectivity index (χ0v) is 22.6. The van der Waals surface area contributed by atoms with E-state index in [2.05, 4.69) is 20.2 Å². The number of halogens is 1. The van der Waals surface area contributed by atoms with Gasteiger partial charge in [-0.3, -0.25) is 14.1 Å². The first-order valence-corrected chi connectivity index (χ1v) is 13.2. The first-order chi connectivity index (χ1) is 19.5. The van der Waals surface area contributed by atoms with Gasteiger partial charge in [0.2, 0.25) is 0 Å². The Bertz CT molecular complexity index is 1480. The molecule has 2 aromatic heterocycles. The molecule has 2 N–H and O–H groups in total. The van der Waals surface area contributed by atoms with Crippen molar-refractivity contribution in [3.63, 3.8) is 0 Å². The number of carbonyl (C=O) groups excluding carboxylic acids is 1. The summed E-state index contributed by atoms with van der Waals surface area (Å²) in [5, 5.41) is 12.1. The highest BCUT2D eigenvalue weighted by Gasteiger charge is 2.23. The number of aromatic nitrogens is 3. The van der Waals surface area contributed by atoms with Gasteiger partial charge < -0.3 is 24.8 Å². The molecule has 210 valence electrons. The molecule has 1 saturated heterocycles. The standard InChI is InChI=1S/C29H33FN6O4/c1-20-17-22(4-5-23(20)29(38)35-11-9-34(10-12-35)13-15-40-16-14-37)33-27-28-32-19-25(36(28)8-7-31-27)21-3-6-26(39-2)24(30)18-21/h3-8,17-19,37H,9-16H2,1-2H3,(H,31,33). The molecule has 3 heterocycles. The average Bonchev–Trinajstić information content (AvgIpc) is 3.41. The number of carbonyl (C=O) groups is 1. The van der Waals surface area contributed by atoms with Gasteiger partial charge >= 0.3 is 0 Å². The van der Waals surface area contributed by atoms with Gasteiger partial charge in [0.15, 0.2) is 23.0 Å². The first-order valence-electron chi connectivity index (χ1n) is 13.2. The van der Waals surface area contributed by atoms with Crippen LogP contribution >= 0.6 is 0 Å². The van der Waals surface area contributed by atoms with Gasteiger partial charge in [-0.2, -0.15) is 0 Å². The van der Waals surface area contributed by atoms with Crippen molar-refractivity contribution in [2.75, 3.05) is 65.0 Å². The van der Waals surface area contributed by atoms with E-state index >= 15 is 0 Å². The van der Waals surface area contributed by atoms with Crippen LogP contribution in [0.15, 0.2) is 55.0 Å². The molecule has 40 heavy (non-hydrogen) atoms. The Labute approximate surface area is 232 Å². The van der Waals surface area contributed by atoms with Crippen molar-refractivity contribution in [3.8, 4) is 17.0 Å². The molecule has 0 unspecified atom stereocenters. The minimum absolute atomic E-state index is 0.0186. The van der Waals surface area contributed by atoms with E-state index in [1.807, 2.05) is 34.4 Å². The molecule has 1 amide bonds. The van der Waals surface area contributed by atoms with Crippen molar-refractivity contribution in [3.05, 3.63) is 71.9 Å². The highest BCUT2D eigenvalue weighted by molar-refractivity contribution is 5.96. The number of aliphatic hydroxyl groups excluding tert-OH is 1. The second-order valence-electron chi connectivity index (χ2n) is 9.59. The van der Waals surface area contributed by atoms with Crippen molar-refractivity contribution in [2.45, 2.75) is 6.92 Å². The molecule has 2 aromatic carbocycles. The molecule has 1 aliphatic rings. The summed E-state index contributed by atoms with van der Waals surface area (Å²) < 4.78 is 26.5. The van der Waals surface area contributed by atoms with Crippen LogP contribution in [0.1, 0.15) is 15.9 Å². The van der Waals surface area contributed by atoms with Gasteiger partial charge in [0.05, 0.1) is 38.8 Å². The molecule has 0 radical (unpaired) electrons. The van der Waals surface area contributed by atoms with Crippen LogP contribution < -0.4 is 10.1 Å². The second-order valence-corrected chi connectivity index (χ2v) is 9.59. The van der Waals surface area contributed by atoms with Crippen LogP contribution in [0.2, 0.25) is 0 Å². The summed E-state index contributed by atoms with van der Waals surface area (Å²) in [5.74, 6) is 0.296. The Morgan fingerprint density at radius 3 is 2.65 bits per heavy atom. The number of methoxy groups -OCH3 is 1. The Kier molecular flexibility index (Phi) is 8.54. The summed E-state index contributed by atoms with van der Waals surface area (Å²) in [7, 11) is 1.43. The monoisotopic (exact) mass is 548 g/mol. The highest BCUT2D eigenvalue weighted by Crippen LogP contribution is 2.29. The van der Waals surface area contributed by atoms with E-state index in [1.54, 1.807) is 30.7 Å². The average molecular weight is 549 g/mol. The summed E-state index contributed by atoms with van der Waals surface area (Å²) in [6, 6.07) is 10.4. The number of nitrogens with zero attached hydrogens (tertiary/aromatic N) is 5. The molecule has 0 atom stereocenters. The molecular formula is C29H33FN6O4. The summed E-state index contributed by atoms with van der Waals surface area (Å²) in [6.07, 6.45) is 5.11. The molecular weight excluding hydrogens is 515 g/mol. The lowest BCUT2D eigenvalue weighted by molar-refractivity contribution is 0.0486. The van der Waals surface area contributed by atoms with Gasteiger partial charge in [0, 0.05) is 61.9 Å². The zero-order valence-electron chi connectivity index (χ0n) is 22.6. The van der Waals surface area contributed by atoms with E-state index < -0.39 is 5.82 Å². The highest BCUT2D eigenvalue weighted by atomic mass is 19.1. The maximum atomic E-state index is 14.3. The lowest BCUT2D eigenvalue weighted by atomic mass is 10.1. The molecule has 1 aliphatic heterocycles. The number of amides is 1. The fourth-order valence-corrected chi connectivity index (χ4v) is 4.87. The number of aliphatic hydroxyl groups is 1. The van der Waals surface area contributed by atoms with Crippen LogP contribution in [0.25, 0.3) is 16.9 Å². The quantitative estimate of drug-likeness (QED) is 0.291. The summed E-state index contributed by atoms with van der Waals surface area (Å²) in [4.78, 5) is 26.4. The predicted octanol–water partition coefficient (Wildman–Crippen LogP) is 3.36. The van der Waals surface area contributed by atoms with Gasteiger partial charge in [0.25, 0.3) is 5.91 Å². The lowest BCUT2D eigenvalue weighted by Gasteiger charge is -2.35. The Balaban J connectivity index is 1.26. The second kappa shape index (κ2) is 12.4. The van der Waals surface area contributed by atoms with Crippen LogP contribution in [0.4, 0.5) is 15.9 Å². The zero-order chi connectivity index (χ0) is 28.1. The third kappa shape index (κ3) is 5.91. The number of aryl methyl sites for hydroxylation is 1. The third-order valence-corrected chi connectivity index (χ3v) is 7.04. The number of ether oxygens (including phenoxy) is 2. The molecule has 0 aliphatic carbocycles. The first kappa shape index (κ1) is 27.5. The fraction of sp³-hybridized carbons (Fsp3) is 0.345. The molecule has 0 spiro atoms.